The van der Waals surface area contributed by atoms with Crippen molar-refractivity contribution in [1.82, 2.24) is 10.2 Å². The predicted octanol–water partition coefficient (Wildman–Crippen LogP) is 0.391. The summed E-state index contributed by atoms with van der Waals surface area (Å²) in [6, 6.07) is 0. The lowest BCUT2D eigenvalue weighted by Gasteiger charge is -2.02. The molecule has 7 nitrogen and oxygen atoms in total. The van der Waals surface area contributed by atoms with Gasteiger partial charge in [-0.05, 0) is 6.92 Å². The Hall–Kier alpha value is -1.89. The summed E-state index contributed by atoms with van der Waals surface area (Å²) in [5, 5.41) is 17.5. The van der Waals surface area contributed by atoms with E-state index in [1.54, 1.807) is 6.92 Å². The number of aromatic carboxylic acids is 1. The molecule has 7 heteroatoms. The third-order valence-electron chi connectivity index (χ3n) is 1.95. The average molecular weight is 227 g/mol. The Balaban J connectivity index is 2.74. The van der Waals surface area contributed by atoms with E-state index in [0.717, 1.165) is 0 Å². The fourth-order valence-corrected chi connectivity index (χ4v) is 1.17. The number of ether oxygens (including phenoxy) is 1. The van der Waals surface area contributed by atoms with E-state index in [1.165, 1.54) is 7.11 Å². The maximum atomic E-state index is 11.3. The SMILES string of the molecule is COCCC(=O)Nc1n[nH]c(C)c1C(=O)O. The van der Waals surface area contributed by atoms with Crippen molar-refractivity contribution >= 4 is 17.7 Å². The average Bonchev–Trinajstić information content (AvgIpc) is 2.56. The summed E-state index contributed by atoms with van der Waals surface area (Å²) >= 11 is 0. The smallest absolute Gasteiger partial charge is 0.341 e. The van der Waals surface area contributed by atoms with Crippen LogP contribution in [-0.2, 0) is 9.53 Å². The van der Waals surface area contributed by atoms with Gasteiger partial charge >= 0.3 is 5.97 Å². The molecule has 16 heavy (non-hydrogen) atoms. The molecule has 0 fully saturated rings. The third-order valence-corrected chi connectivity index (χ3v) is 1.95. The van der Waals surface area contributed by atoms with Gasteiger partial charge in [0, 0.05) is 12.8 Å². The lowest BCUT2D eigenvalue weighted by molar-refractivity contribution is -0.117. The number of carbonyl (C=O) groups excluding carboxylic acids is 1. The molecule has 0 aliphatic rings. The van der Waals surface area contributed by atoms with Crippen molar-refractivity contribution < 1.29 is 19.4 Å². The van der Waals surface area contributed by atoms with Crippen LogP contribution in [0.3, 0.4) is 0 Å². The first-order valence-electron chi connectivity index (χ1n) is 4.63. The highest BCUT2D eigenvalue weighted by Gasteiger charge is 2.18. The Kier molecular flexibility index (Phi) is 4.01. The summed E-state index contributed by atoms with van der Waals surface area (Å²) in [6.45, 7) is 1.85. The number of nitrogens with zero attached hydrogens (tertiary/aromatic N) is 1. The number of anilines is 1. The third kappa shape index (κ3) is 2.80. The maximum Gasteiger partial charge on any atom is 0.341 e. The zero-order valence-corrected chi connectivity index (χ0v) is 9.03. The van der Waals surface area contributed by atoms with Gasteiger partial charge in [-0.2, -0.15) is 5.10 Å². The number of carboxylic acid groups (broad SMARTS) is 1. The number of methoxy groups -OCH3 is 1. The van der Waals surface area contributed by atoms with Crippen LogP contribution in [0.25, 0.3) is 0 Å². The highest BCUT2D eigenvalue weighted by atomic mass is 16.5. The van der Waals surface area contributed by atoms with Gasteiger partial charge in [0.25, 0.3) is 0 Å². The van der Waals surface area contributed by atoms with Crippen molar-refractivity contribution in [3.63, 3.8) is 0 Å². The van der Waals surface area contributed by atoms with Crippen molar-refractivity contribution in [1.29, 1.82) is 0 Å². The number of carbonyl (C=O) groups is 2. The molecule has 0 aliphatic heterocycles. The van der Waals surface area contributed by atoms with Crippen LogP contribution in [0.2, 0.25) is 0 Å². The van der Waals surface area contributed by atoms with Crippen LogP contribution in [0.5, 0.6) is 0 Å². The van der Waals surface area contributed by atoms with E-state index >= 15 is 0 Å². The quantitative estimate of drug-likeness (QED) is 0.675. The van der Waals surface area contributed by atoms with E-state index in [4.69, 9.17) is 9.84 Å². The van der Waals surface area contributed by atoms with Crippen LogP contribution in [-0.4, -0.2) is 40.9 Å². The molecule has 0 saturated heterocycles. The van der Waals surface area contributed by atoms with E-state index < -0.39 is 5.97 Å². The van der Waals surface area contributed by atoms with Crippen LogP contribution in [0.4, 0.5) is 5.82 Å². The molecule has 1 aromatic heterocycles. The first-order valence-corrected chi connectivity index (χ1v) is 4.63. The standard InChI is InChI=1S/C9H13N3O4/c1-5-7(9(14)15)8(12-11-5)10-6(13)3-4-16-2/h3-4H2,1-2H3,(H,14,15)(H2,10,11,12,13). The maximum absolute atomic E-state index is 11.3. The summed E-state index contributed by atoms with van der Waals surface area (Å²) in [5.74, 6) is -1.43. The number of aromatic amines is 1. The molecule has 0 spiro atoms. The normalized spacial score (nSPS) is 10.1. The second kappa shape index (κ2) is 5.26. The molecule has 0 bridgehead atoms. The first kappa shape index (κ1) is 12.2. The number of rotatable bonds is 5. The van der Waals surface area contributed by atoms with Gasteiger partial charge in [0.15, 0.2) is 5.82 Å². The first-order chi connectivity index (χ1) is 7.56. The number of H-pyrrole nitrogens is 1. The van der Waals surface area contributed by atoms with Crippen molar-refractivity contribution in [2.45, 2.75) is 13.3 Å². The molecular formula is C9H13N3O4. The van der Waals surface area contributed by atoms with E-state index in [2.05, 4.69) is 15.5 Å². The van der Waals surface area contributed by atoms with Gasteiger partial charge in [-0.3, -0.25) is 9.89 Å². The zero-order valence-electron chi connectivity index (χ0n) is 9.03. The van der Waals surface area contributed by atoms with Gasteiger partial charge < -0.3 is 15.2 Å². The highest BCUT2D eigenvalue weighted by molar-refractivity contribution is 6.00. The van der Waals surface area contributed by atoms with Crippen molar-refractivity contribution in [2.75, 3.05) is 19.0 Å². The molecule has 0 aromatic carbocycles. The Labute approximate surface area is 91.8 Å². The molecule has 1 rings (SSSR count). The van der Waals surface area contributed by atoms with Crippen LogP contribution < -0.4 is 5.32 Å². The number of nitrogens with one attached hydrogen (secondary N) is 2. The number of aryl methyl sites for hydroxylation is 1. The minimum absolute atomic E-state index is 0.0224. The van der Waals surface area contributed by atoms with E-state index in [9.17, 15) is 9.59 Å². The molecule has 1 amide bonds. The zero-order chi connectivity index (χ0) is 12.1. The van der Waals surface area contributed by atoms with E-state index in [0.29, 0.717) is 5.69 Å². The Morgan fingerprint density at radius 3 is 2.81 bits per heavy atom. The van der Waals surface area contributed by atoms with Crippen molar-refractivity contribution in [3.05, 3.63) is 11.3 Å². The number of hydrogen-bond acceptors (Lipinski definition) is 4. The number of aromatic nitrogens is 2. The molecule has 1 heterocycles. The Morgan fingerprint density at radius 1 is 1.56 bits per heavy atom. The number of hydrogen-bond donors (Lipinski definition) is 3. The highest BCUT2D eigenvalue weighted by Crippen LogP contribution is 2.15. The molecule has 1 aromatic rings. The van der Waals surface area contributed by atoms with Gasteiger partial charge in [0.2, 0.25) is 5.91 Å². The monoisotopic (exact) mass is 227 g/mol. The fraction of sp³-hybridized carbons (Fsp3) is 0.444. The summed E-state index contributed by atoms with van der Waals surface area (Å²) in [5.41, 5.74) is 0.375. The molecule has 0 saturated carbocycles. The summed E-state index contributed by atoms with van der Waals surface area (Å²) in [4.78, 5) is 22.2. The molecule has 0 unspecified atom stereocenters. The minimum atomic E-state index is -1.13. The van der Waals surface area contributed by atoms with Gasteiger partial charge in [0.05, 0.1) is 13.0 Å². The molecular weight excluding hydrogens is 214 g/mol. The summed E-state index contributed by atoms with van der Waals surface area (Å²) in [7, 11) is 1.48. The second-order valence-corrected chi connectivity index (χ2v) is 3.17. The van der Waals surface area contributed by atoms with Crippen molar-refractivity contribution in [2.24, 2.45) is 0 Å². The van der Waals surface area contributed by atoms with Crippen LogP contribution in [0.1, 0.15) is 22.5 Å². The van der Waals surface area contributed by atoms with Crippen LogP contribution in [0, 0.1) is 6.92 Å². The van der Waals surface area contributed by atoms with Crippen molar-refractivity contribution in [3.8, 4) is 0 Å². The molecule has 3 N–H and O–H groups in total. The van der Waals surface area contributed by atoms with Gasteiger partial charge in [-0.1, -0.05) is 0 Å². The number of carboxylic acids is 1. The minimum Gasteiger partial charge on any atom is -0.477 e. The molecule has 0 aliphatic carbocycles. The molecule has 0 atom stereocenters. The lowest BCUT2D eigenvalue weighted by Crippen LogP contribution is -2.16. The van der Waals surface area contributed by atoms with Gasteiger partial charge in [-0.15, -0.1) is 0 Å². The largest absolute Gasteiger partial charge is 0.477 e. The van der Waals surface area contributed by atoms with E-state index in [1.807, 2.05) is 0 Å². The Bertz CT molecular complexity index is 399. The van der Waals surface area contributed by atoms with E-state index in [-0.39, 0.29) is 30.3 Å². The predicted molar refractivity (Wildman–Crippen MR) is 55.4 cm³/mol. The van der Waals surface area contributed by atoms with Crippen LogP contribution >= 0.6 is 0 Å². The molecule has 0 radical (unpaired) electrons. The molecule has 88 valence electrons. The topological polar surface area (TPSA) is 104 Å². The summed E-state index contributed by atoms with van der Waals surface area (Å²) < 4.78 is 4.73. The van der Waals surface area contributed by atoms with Gasteiger partial charge in [-0.25, -0.2) is 4.79 Å². The lowest BCUT2D eigenvalue weighted by atomic mass is 10.2. The van der Waals surface area contributed by atoms with Crippen LogP contribution in [0.15, 0.2) is 0 Å². The second-order valence-electron chi connectivity index (χ2n) is 3.17. The Morgan fingerprint density at radius 2 is 2.25 bits per heavy atom. The van der Waals surface area contributed by atoms with Gasteiger partial charge in [0.1, 0.15) is 5.56 Å². The summed E-state index contributed by atoms with van der Waals surface area (Å²) in [6.07, 6.45) is 0.154. The number of amides is 1. The fourth-order valence-electron chi connectivity index (χ4n) is 1.17.